The predicted molar refractivity (Wildman–Crippen MR) is 95.3 cm³/mol. The molecule has 1 amide bonds. The Kier molecular flexibility index (Phi) is 4.14. The summed E-state index contributed by atoms with van der Waals surface area (Å²) in [5, 5.41) is 3.92. The minimum atomic E-state index is -0.0722. The summed E-state index contributed by atoms with van der Waals surface area (Å²) in [5.74, 6) is 1.31. The van der Waals surface area contributed by atoms with Gasteiger partial charge in [0.05, 0.1) is 7.11 Å². The van der Waals surface area contributed by atoms with Gasteiger partial charge in [-0.15, -0.1) is 0 Å². The number of hydrogen-bond acceptors (Lipinski definition) is 4. The van der Waals surface area contributed by atoms with Crippen LogP contribution in [0, 0.1) is 0 Å². The van der Waals surface area contributed by atoms with Crippen LogP contribution in [0.15, 0.2) is 47.6 Å². The Labute approximate surface area is 146 Å². The van der Waals surface area contributed by atoms with Crippen molar-refractivity contribution in [2.24, 2.45) is 5.10 Å². The third-order valence-electron chi connectivity index (χ3n) is 4.77. The third-order valence-corrected chi connectivity index (χ3v) is 4.77. The van der Waals surface area contributed by atoms with Crippen molar-refractivity contribution >= 4 is 12.1 Å². The van der Waals surface area contributed by atoms with Crippen molar-refractivity contribution < 1.29 is 14.3 Å². The normalized spacial score (nSPS) is 19.4. The van der Waals surface area contributed by atoms with Crippen molar-refractivity contribution in [2.75, 3.05) is 7.11 Å². The average Bonchev–Trinajstić information content (AvgIpc) is 3.04. The zero-order chi connectivity index (χ0) is 17.2. The highest BCUT2D eigenvalue weighted by Crippen LogP contribution is 2.35. The van der Waals surface area contributed by atoms with E-state index in [0.717, 1.165) is 24.2 Å². The lowest BCUT2D eigenvalue weighted by Gasteiger charge is -2.20. The first kappa shape index (κ1) is 15.7. The number of rotatable bonds is 4. The third kappa shape index (κ3) is 3.22. The van der Waals surface area contributed by atoms with Gasteiger partial charge >= 0.3 is 0 Å². The van der Waals surface area contributed by atoms with Crippen molar-refractivity contribution in [3.8, 4) is 11.5 Å². The SMILES string of the molecule is COc1ccc(C2C=NNC(=O)C2)cc1OC1Cc2ccccc2C1. The molecule has 4 rings (SSSR count). The summed E-state index contributed by atoms with van der Waals surface area (Å²) < 4.78 is 11.7. The highest BCUT2D eigenvalue weighted by atomic mass is 16.5. The number of fused-ring (bicyclic) bond motifs is 1. The van der Waals surface area contributed by atoms with E-state index in [1.807, 2.05) is 18.2 Å². The second kappa shape index (κ2) is 6.59. The van der Waals surface area contributed by atoms with Crippen LogP contribution in [0.1, 0.15) is 29.0 Å². The van der Waals surface area contributed by atoms with Gasteiger partial charge in [-0.1, -0.05) is 30.3 Å². The average molecular weight is 336 g/mol. The Morgan fingerprint density at radius 2 is 1.80 bits per heavy atom. The van der Waals surface area contributed by atoms with Gasteiger partial charge in [0.2, 0.25) is 5.91 Å². The zero-order valence-corrected chi connectivity index (χ0v) is 14.1. The molecule has 1 unspecified atom stereocenters. The zero-order valence-electron chi connectivity index (χ0n) is 14.1. The Morgan fingerprint density at radius 1 is 1.04 bits per heavy atom. The van der Waals surface area contributed by atoms with E-state index in [1.54, 1.807) is 13.3 Å². The highest BCUT2D eigenvalue weighted by molar-refractivity contribution is 5.86. The number of nitrogens with one attached hydrogen (secondary N) is 1. The van der Waals surface area contributed by atoms with Crippen molar-refractivity contribution in [1.29, 1.82) is 0 Å². The van der Waals surface area contributed by atoms with E-state index in [2.05, 4.69) is 34.8 Å². The van der Waals surface area contributed by atoms with E-state index in [0.29, 0.717) is 12.2 Å². The maximum atomic E-state index is 11.6. The lowest BCUT2D eigenvalue weighted by Crippen LogP contribution is -2.26. The summed E-state index contributed by atoms with van der Waals surface area (Å²) in [6.07, 6.45) is 4.06. The summed E-state index contributed by atoms with van der Waals surface area (Å²) in [6.45, 7) is 0. The molecule has 5 nitrogen and oxygen atoms in total. The quantitative estimate of drug-likeness (QED) is 0.934. The molecule has 0 saturated carbocycles. The number of hydrazone groups is 1. The number of amides is 1. The second-order valence-corrected chi connectivity index (χ2v) is 6.45. The molecule has 0 bridgehead atoms. The molecule has 0 saturated heterocycles. The summed E-state index contributed by atoms with van der Waals surface area (Å²) in [5.41, 5.74) is 6.16. The minimum Gasteiger partial charge on any atom is -0.493 e. The molecule has 0 spiro atoms. The Balaban J connectivity index is 1.56. The molecule has 2 aromatic carbocycles. The Hall–Kier alpha value is -2.82. The number of nitrogens with zero attached hydrogens (tertiary/aromatic N) is 1. The highest BCUT2D eigenvalue weighted by Gasteiger charge is 2.25. The van der Waals surface area contributed by atoms with Crippen molar-refractivity contribution in [2.45, 2.75) is 31.3 Å². The van der Waals surface area contributed by atoms with Crippen molar-refractivity contribution in [3.05, 3.63) is 59.2 Å². The van der Waals surface area contributed by atoms with Gasteiger partial charge in [0.1, 0.15) is 6.10 Å². The van der Waals surface area contributed by atoms with Crippen LogP contribution in [-0.2, 0) is 17.6 Å². The molecular formula is C20H20N2O3. The van der Waals surface area contributed by atoms with Crippen LogP contribution in [0.3, 0.4) is 0 Å². The van der Waals surface area contributed by atoms with Crippen LogP contribution in [0.25, 0.3) is 0 Å². The Morgan fingerprint density at radius 3 is 2.48 bits per heavy atom. The first-order chi connectivity index (χ1) is 12.2. The molecule has 1 heterocycles. The number of hydrogen-bond donors (Lipinski definition) is 1. The van der Waals surface area contributed by atoms with Crippen LogP contribution in [-0.4, -0.2) is 25.3 Å². The Bertz CT molecular complexity index is 806. The molecule has 0 aromatic heterocycles. The molecule has 1 aliphatic carbocycles. The maximum absolute atomic E-state index is 11.6. The van der Waals surface area contributed by atoms with E-state index in [4.69, 9.17) is 9.47 Å². The summed E-state index contributed by atoms with van der Waals surface area (Å²) in [7, 11) is 1.64. The van der Waals surface area contributed by atoms with Crippen LogP contribution < -0.4 is 14.9 Å². The fraction of sp³-hybridized carbons (Fsp3) is 0.300. The van der Waals surface area contributed by atoms with E-state index in [9.17, 15) is 4.79 Å². The molecule has 1 aliphatic heterocycles. The second-order valence-electron chi connectivity index (χ2n) is 6.45. The van der Waals surface area contributed by atoms with Gasteiger partial charge in [-0.3, -0.25) is 4.79 Å². The van der Waals surface area contributed by atoms with Gasteiger partial charge in [-0.2, -0.15) is 5.10 Å². The molecule has 25 heavy (non-hydrogen) atoms. The van der Waals surface area contributed by atoms with Crippen LogP contribution in [0.5, 0.6) is 11.5 Å². The first-order valence-corrected chi connectivity index (χ1v) is 8.46. The van der Waals surface area contributed by atoms with Gasteiger partial charge in [0.15, 0.2) is 11.5 Å². The predicted octanol–water partition coefficient (Wildman–Crippen LogP) is 2.83. The van der Waals surface area contributed by atoms with Gasteiger partial charge in [0.25, 0.3) is 0 Å². The van der Waals surface area contributed by atoms with Crippen LogP contribution in [0.2, 0.25) is 0 Å². The molecular weight excluding hydrogens is 316 g/mol. The molecule has 2 aliphatic rings. The number of methoxy groups -OCH3 is 1. The molecule has 0 fully saturated rings. The number of carbonyl (C=O) groups is 1. The fourth-order valence-electron chi connectivity index (χ4n) is 3.50. The summed E-state index contributed by atoms with van der Waals surface area (Å²) in [6, 6.07) is 14.3. The largest absolute Gasteiger partial charge is 0.493 e. The number of carbonyl (C=O) groups excluding carboxylic acids is 1. The van der Waals surface area contributed by atoms with E-state index < -0.39 is 0 Å². The van der Waals surface area contributed by atoms with E-state index in [-0.39, 0.29) is 17.9 Å². The van der Waals surface area contributed by atoms with Crippen LogP contribution >= 0.6 is 0 Å². The smallest absolute Gasteiger partial charge is 0.241 e. The number of benzene rings is 2. The molecule has 1 atom stereocenters. The van der Waals surface area contributed by atoms with E-state index >= 15 is 0 Å². The fourth-order valence-corrected chi connectivity index (χ4v) is 3.50. The molecule has 1 N–H and O–H groups in total. The molecule has 0 radical (unpaired) electrons. The lowest BCUT2D eigenvalue weighted by atomic mass is 9.95. The number of ether oxygens (including phenoxy) is 2. The lowest BCUT2D eigenvalue weighted by molar-refractivity contribution is -0.121. The minimum absolute atomic E-state index is 0.0391. The van der Waals surface area contributed by atoms with Crippen LogP contribution in [0.4, 0.5) is 0 Å². The summed E-state index contributed by atoms with van der Waals surface area (Å²) >= 11 is 0. The maximum Gasteiger partial charge on any atom is 0.241 e. The molecule has 128 valence electrons. The van der Waals surface area contributed by atoms with Gasteiger partial charge in [-0.05, 0) is 28.8 Å². The molecule has 2 aromatic rings. The van der Waals surface area contributed by atoms with Crippen molar-refractivity contribution in [1.82, 2.24) is 5.43 Å². The van der Waals surface area contributed by atoms with Gasteiger partial charge in [0, 0.05) is 31.4 Å². The molecule has 5 heteroatoms. The van der Waals surface area contributed by atoms with Gasteiger partial charge < -0.3 is 9.47 Å². The monoisotopic (exact) mass is 336 g/mol. The van der Waals surface area contributed by atoms with Crippen molar-refractivity contribution in [3.63, 3.8) is 0 Å². The van der Waals surface area contributed by atoms with E-state index in [1.165, 1.54) is 11.1 Å². The topological polar surface area (TPSA) is 59.9 Å². The summed E-state index contributed by atoms with van der Waals surface area (Å²) in [4.78, 5) is 11.6. The standard InChI is InChI=1S/C20H20N2O3/c1-24-18-7-6-15(16-11-20(23)22-21-12-16)10-19(18)25-17-8-13-4-2-3-5-14(13)9-17/h2-7,10,12,16-17H,8-9,11H2,1H3,(H,22,23). The van der Waals surface area contributed by atoms with Gasteiger partial charge in [-0.25, -0.2) is 5.43 Å². The first-order valence-electron chi connectivity index (χ1n) is 8.46.